The standard InChI is InChI=1S/C28H34ClN3OS/c1-3-4-9-27-21(2)24(25-7-5-16-30-26(25)20-34-27)8-6-17-32-18-14-28(31-33,15-19-32)22-10-12-23(29)13-11-22/h4-5,7-13,16,25-26H,3,6,14-15,17-20H2,1-2H3/b9-4-,24-8-. The van der Waals surface area contributed by atoms with Crippen molar-refractivity contribution in [2.24, 2.45) is 16.1 Å². The number of hydrogen-bond acceptors (Lipinski definition) is 5. The van der Waals surface area contributed by atoms with Crippen molar-refractivity contribution in [2.75, 3.05) is 25.4 Å². The molecule has 0 spiro atoms. The molecule has 3 aliphatic heterocycles. The first-order valence-electron chi connectivity index (χ1n) is 12.3. The van der Waals surface area contributed by atoms with Crippen LogP contribution in [0, 0.1) is 10.8 Å². The maximum Gasteiger partial charge on any atom is 0.130 e. The Morgan fingerprint density at radius 2 is 2.03 bits per heavy atom. The first kappa shape index (κ1) is 25.2. The van der Waals surface area contributed by atoms with E-state index in [9.17, 15) is 4.91 Å². The molecular weight excluding hydrogens is 462 g/mol. The summed E-state index contributed by atoms with van der Waals surface area (Å²) in [4.78, 5) is 20.5. The number of nitroso groups, excluding NO2 is 1. The van der Waals surface area contributed by atoms with Crippen LogP contribution >= 0.6 is 23.4 Å². The lowest BCUT2D eigenvalue weighted by atomic mass is 9.81. The fourth-order valence-corrected chi connectivity index (χ4v) is 6.41. The second-order valence-electron chi connectivity index (χ2n) is 9.31. The molecule has 0 aromatic heterocycles. The third-order valence-corrected chi connectivity index (χ3v) is 8.74. The minimum absolute atomic E-state index is 0.303. The number of hydrogen-bond donors (Lipinski definition) is 0. The monoisotopic (exact) mass is 495 g/mol. The summed E-state index contributed by atoms with van der Waals surface area (Å²) >= 11 is 7.97. The zero-order valence-corrected chi connectivity index (χ0v) is 21.7. The van der Waals surface area contributed by atoms with Gasteiger partial charge in [-0.2, -0.15) is 0 Å². The normalized spacial score (nSPS) is 26.1. The first-order chi connectivity index (χ1) is 16.6. The van der Waals surface area contributed by atoms with Gasteiger partial charge >= 0.3 is 0 Å². The number of nitrogens with zero attached hydrogens (tertiary/aromatic N) is 3. The van der Waals surface area contributed by atoms with Gasteiger partial charge in [-0.1, -0.05) is 60.1 Å². The lowest BCUT2D eigenvalue weighted by molar-refractivity contribution is 0.164. The summed E-state index contributed by atoms with van der Waals surface area (Å²) in [7, 11) is 0. The zero-order valence-electron chi connectivity index (χ0n) is 20.1. The van der Waals surface area contributed by atoms with Crippen LogP contribution < -0.4 is 0 Å². The van der Waals surface area contributed by atoms with Crippen LogP contribution in [-0.4, -0.2) is 42.5 Å². The Balaban J connectivity index is 1.43. The topological polar surface area (TPSA) is 45.0 Å². The summed E-state index contributed by atoms with van der Waals surface area (Å²) in [5.74, 6) is 1.37. The van der Waals surface area contributed by atoms with Gasteiger partial charge < -0.3 is 4.90 Å². The summed E-state index contributed by atoms with van der Waals surface area (Å²) in [5, 5.41) is 4.28. The number of thioether (sulfide) groups is 1. The molecule has 180 valence electrons. The number of halogens is 1. The first-order valence-corrected chi connectivity index (χ1v) is 13.7. The van der Waals surface area contributed by atoms with Crippen molar-refractivity contribution in [3.8, 4) is 0 Å². The number of rotatable bonds is 7. The van der Waals surface area contributed by atoms with Crippen molar-refractivity contribution in [3.63, 3.8) is 0 Å². The summed E-state index contributed by atoms with van der Waals surface area (Å²) in [6.45, 7) is 7.19. The summed E-state index contributed by atoms with van der Waals surface area (Å²) in [5.41, 5.74) is 3.15. The largest absolute Gasteiger partial charge is 0.303 e. The molecule has 1 aromatic rings. The van der Waals surface area contributed by atoms with Crippen LogP contribution in [0.3, 0.4) is 0 Å². The highest BCUT2D eigenvalue weighted by atomic mass is 35.5. The van der Waals surface area contributed by atoms with E-state index in [1.807, 2.05) is 42.2 Å². The lowest BCUT2D eigenvalue weighted by Crippen LogP contribution is -2.41. The molecule has 0 amide bonds. The van der Waals surface area contributed by atoms with Gasteiger partial charge in [0.05, 0.1) is 6.04 Å². The Morgan fingerprint density at radius 1 is 1.26 bits per heavy atom. The molecule has 0 saturated carbocycles. The maximum absolute atomic E-state index is 11.9. The van der Waals surface area contributed by atoms with Crippen molar-refractivity contribution >= 4 is 29.6 Å². The molecule has 0 bridgehead atoms. The van der Waals surface area contributed by atoms with Crippen LogP contribution in [0.2, 0.25) is 5.02 Å². The Labute approximate surface area is 212 Å². The predicted octanol–water partition coefficient (Wildman–Crippen LogP) is 7.33. The van der Waals surface area contributed by atoms with Gasteiger partial charge in [-0.3, -0.25) is 4.99 Å². The Hall–Kier alpha value is -1.95. The highest BCUT2D eigenvalue weighted by molar-refractivity contribution is 8.03. The van der Waals surface area contributed by atoms with Gasteiger partial charge in [0, 0.05) is 47.4 Å². The summed E-state index contributed by atoms with van der Waals surface area (Å²) in [6.07, 6.45) is 16.9. The van der Waals surface area contributed by atoms with Crippen molar-refractivity contribution in [2.45, 2.75) is 51.1 Å². The zero-order chi connectivity index (χ0) is 24.0. The van der Waals surface area contributed by atoms with E-state index >= 15 is 0 Å². The molecule has 34 heavy (non-hydrogen) atoms. The highest BCUT2D eigenvalue weighted by Gasteiger charge is 2.37. The van der Waals surface area contributed by atoms with Gasteiger partial charge in [0.1, 0.15) is 5.54 Å². The smallest absolute Gasteiger partial charge is 0.130 e. The van der Waals surface area contributed by atoms with Gasteiger partial charge in [-0.25, -0.2) is 0 Å². The molecule has 0 N–H and O–H groups in total. The van der Waals surface area contributed by atoms with E-state index < -0.39 is 5.54 Å². The quantitative estimate of drug-likeness (QED) is 0.372. The van der Waals surface area contributed by atoms with E-state index in [2.05, 4.69) is 54.3 Å². The molecule has 4 nitrogen and oxygen atoms in total. The number of fused-ring (bicyclic) bond motifs is 1. The molecule has 2 atom stereocenters. The van der Waals surface area contributed by atoms with E-state index in [4.69, 9.17) is 16.6 Å². The number of likely N-dealkylation sites (tertiary alicyclic amines) is 1. The molecule has 0 radical (unpaired) electrons. The second kappa shape index (κ2) is 11.7. The molecule has 1 fully saturated rings. The van der Waals surface area contributed by atoms with Crippen LogP contribution in [0.1, 0.15) is 45.1 Å². The minimum atomic E-state index is -0.629. The summed E-state index contributed by atoms with van der Waals surface area (Å²) in [6, 6.07) is 7.90. The van der Waals surface area contributed by atoms with Crippen LogP contribution in [0.4, 0.5) is 0 Å². The van der Waals surface area contributed by atoms with E-state index in [0.717, 1.165) is 56.6 Å². The number of dihydropyridines is 1. The summed E-state index contributed by atoms with van der Waals surface area (Å²) < 4.78 is 0. The molecule has 1 aromatic carbocycles. The van der Waals surface area contributed by atoms with Crippen molar-refractivity contribution in [1.29, 1.82) is 0 Å². The second-order valence-corrected chi connectivity index (χ2v) is 10.8. The van der Waals surface area contributed by atoms with Crippen LogP contribution in [0.15, 0.2) is 80.9 Å². The Bertz CT molecular complexity index is 1020. The van der Waals surface area contributed by atoms with Gasteiger partial charge in [0.15, 0.2) is 0 Å². The fraction of sp³-hybridized carbons (Fsp3) is 0.464. The molecule has 1 saturated heterocycles. The van der Waals surface area contributed by atoms with Crippen molar-refractivity contribution in [3.05, 3.63) is 86.2 Å². The lowest BCUT2D eigenvalue weighted by Gasteiger charge is -2.37. The minimum Gasteiger partial charge on any atom is -0.303 e. The van der Waals surface area contributed by atoms with Gasteiger partial charge in [-0.15, -0.1) is 16.7 Å². The van der Waals surface area contributed by atoms with E-state index in [1.54, 1.807) is 0 Å². The van der Waals surface area contributed by atoms with E-state index in [0.29, 0.717) is 17.0 Å². The number of benzene rings is 1. The van der Waals surface area contributed by atoms with Gasteiger partial charge in [0.2, 0.25) is 0 Å². The third kappa shape index (κ3) is 5.64. The maximum atomic E-state index is 11.9. The van der Waals surface area contributed by atoms with Crippen LogP contribution in [0.5, 0.6) is 0 Å². The fourth-order valence-electron chi connectivity index (χ4n) is 5.11. The van der Waals surface area contributed by atoms with Crippen LogP contribution in [-0.2, 0) is 5.54 Å². The SMILES string of the molecule is CC/C=C\C1=C(C)C(=C/CCN2CCC(N=O)(c3ccc(Cl)cc3)CC2)/C2C=CC=NC2CS1. The van der Waals surface area contributed by atoms with Gasteiger partial charge in [0.25, 0.3) is 0 Å². The predicted molar refractivity (Wildman–Crippen MR) is 147 cm³/mol. The van der Waals surface area contributed by atoms with E-state index in [-0.39, 0.29) is 0 Å². The Morgan fingerprint density at radius 3 is 2.74 bits per heavy atom. The van der Waals surface area contributed by atoms with Crippen molar-refractivity contribution in [1.82, 2.24) is 4.90 Å². The van der Waals surface area contributed by atoms with E-state index in [1.165, 1.54) is 16.1 Å². The average molecular weight is 496 g/mol. The molecule has 0 aliphatic carbocycles. The molecule has 3 heterocycles. The highest BCUT2D eigenvalue weighted by Crippen LogP contribution is 2.40. The third-order valence-electron chi connectivity index (χ3n) is 7.22. The van der Waals surface area contributed by atoms with Crippen molar-refractivity contribution < 1.29 is 0 Å². The molecule has 3 aliphatic rings. The number of allylic oxidation sites excluding steroid dienone is 4. The number of piperidine rings is 1. The molecule has 6 heteroatoms. The molecule has 2 unspecified atom stereocenters. The molecular formula is C28H34ClN3OS. The van der Waals surface area contributed by atoms with Crippen LogP contribution in [0.25, 0.3) is 0 Å². The number of aliphatic imine (C=N–C) groups is 1. The Kier molecular flexibility index (Phi) is 8.62. The average Bonchev–Trinajstić information content (AvgIpc) is 3.00. The van der Waals surface area contributed by atoms with Gasteiger partial charge in [-0.05, 0) is 67.5 Å². The molecule has 4 rings (SSSR count).